The molecule has 3 heterocycles. The maximum atomic E-state index is 13.8. The number of para-hydroxylation sites is 1. The van der Waals surface area contributed by atoms with E-state index in [1.807, 2.05) is 0 Å². The van der Waals surface area contributed by atoms with Crippen molar-refractivity contribution in [2.45, 2.75) is 63.4 Å². The summed E-state index contributed by atoms with van der Waals surface area (Å²) in [5, 5.41) is 13.7. The van der Waals surface area contributed by atoms with Crippen molar-refractivity contribution in [2.24, 2.45) is 0 Å². The predicted octanol–water partition coefficient (Wildman–Crippen LogP) is 1.09. The quantitative estimate of drug-likeness (QED) is 0.292. The minimum absolute atomic E-state index is 0.143. The zero-order valence-electron chi connectivity index (χ0n) is 20.8. The van der Waals surface area contributed by atoms with Crippen molar-refractivity contribution < 1.29 is 37.7 Å². The molecule has 4 rings (SSSR count). The molecule has 0 radical (unpaired) electrons. The molecule has 13 nitrogen and oxygen atoms in total. The Balaban J connectivity index is 1.57. The van der Waals surface area contributed by atoms with Crippen LogP contribution >= 0.6 is 7.75 Å². The second-order valence-electron chi connectivity index (χ2n) is 9.44. The zero-order valence-corrected chi connectivity index (χ0v) is 21.7. The molecule has 2 bridgehead atoms. The summed E-state index contributed by atoms with van der Waals surface area (Å²) in [6, 6.07) is 8.26. The number of fused-ring (bicyclic) bond motifs is 2. The minimum atomic E-state index is -4.25. The minimum Gasteiger partial charge on any atom is -0.462 e. The Labute approximate surface area is 212 Å². The van der Waals surface area contributed by atoms with Crippen LogP contribution in [0.4, 0.5) is 0 Å². The van der Waals surface area contributed by atoms with Gasteiger partial charge >= 0.3 is 19.4 Å². The Morgan fingerprint density at radius 2 is 1.97 bits per heavy atom. The second-order valence-corrected chi connectivity index (χ2v) is 11.1. The molecule has 0 saturated carbocycles. The van der Waals surface area contributed by atoms with Gasteiger partial charge in [0.15, 0.2) is 6.23 Å². The summed E-state index contributed by atoms with van der Waals surface area (Å²) in [7, 11) is -4.25. The van der Waals surface area contributed by atoms with Crippen LogP contribution in [0.5, 0.6) is 5.75 Å². The summed E-state index contributed by atoms with van der Waals surface area (Å²) in [6.07, 6.45) is -1.59. The van der Waals surface area contributed by atoms with Gasteiger partial charge < -0.3 is 23.8 Å². The Morgan fingerprint density at radius 1 is 1.27 bits per heavy atom. The van der Waals surface area contributed by atoms with Gasteiger partial charge in [-0.25, -0.2) is 9.36 Å². The van der Waals surface area contributed by atoms with Crippen LogP contribution in [-0.2, 0) is 28.1 Å². The maximum Gasteiger partial charge on any atom is 0.459 e. The van der Waals surface area contributed by atoms with E-state index >= 15 is 0 Å². The molecular formula is C23H30N3O10P. The molecule has 0 spiro atoms. The van der Waals surface area contributed by atoms with E-state index in [1.54, 1.807) is 51.1 Å². The number of aromatic nitrogens is 2. The first-order valence-electron chi connectivity index (χ1n) is 11.7. The fourth-order valence-electron chi connectivity index (χ4n) is 4.23. The largest absolute Gasteiger partial charge is 0.462 e. The number of H-pyrrole nitrogens is 1. The highest BCUT2D eigenvalue weighted by Gasteiger charge is 2.69. The zero-order chi connectivity index (χ0) is 27.0. The van der Waals surface area contributed by atoms with Gasteiger partial charge in [0.2, 0.25) is 0 Å². The second kappa shape index (κ2) is 10.2. The number of hydrogen-bond donors (Lipinski definition) is 3. The Morgan fingerprint density at radius 3 is 2.62 bits per heavy atom. The average molecular weight is 539 g/mol. The van der Waals surface area contributed by atoms with Gasteiger partial charge in [0, 0.05) is 12.3 Å². The Bertz CT molecular complexity index is 1300. The van der Waals surface area contributed by atoms with E-state index in [0.29, 0.717) is 0 Å². The van der Waals surface area contributed by atoms with Crippen molar-refractivity contribution in [3.05, 3.63) is 63.4 Å². The van der Waals surface area contributed by atoms with Gasteiger partial charge in [-0.15, -0.1) is 0 Å². The number of carbonyl (C=O) groups is 1. The molecule has 2 aliphatic rings. The summed E-state index contributed by atoms with van der Waals surface area (Å²) in [6.45, 7) is 5.73. The number of aromatic amines is 1. The average Bonchev–Trinajstić information content (AvgIpc) is 3.20. The standard InChI is InChI=1S/C23H30N3O10P/c1-14(2)34-18(28)15(3)25-37(31,36-16-8-6-5-7-9-16)33-13-23-12-32-22(4,19(23)29)20(35-23)26-11-10-17(27)24-21(26)30/h5-11,14-15,19-20,29H,12-13H2,1-4H3,(H,25,31)(H,24,27,30)/t15-,19-,20+,22+,23+,37+/m0/s1. The van der Waals surface area contributed by atoms with Crippen molar-refractivity contribution >= 4 is 13.7 Å². The van der Waals surface area contributed by atoms with Crippen LogP contribution < -0.4 is 20.9 Å². The summed E-state index contributed by atoms with van der Waals surface area (Å²) in [4.78, 5) is 38.4. The third-order valence-electron chi connectivity index (χ3n) is 6.11. The molecule has 2 saturated heterocycles. The van der Waals surface area contributed by atoms with E-state index < -0.39 is 67.3 Å². The molecule has 0 unspecified atom stereocenters. The van der Waals surface area contributed by atoms with Crippen molar-refractivity contribution in [1.29, 1.82) is 0 Å². The Hall–Kier alpha value is -2.80. The van der Waals surface area contributed by atoms with Gasteiger partial charge in [0.25, 0.3) is 5.56 Å². The number of esters is 1. The first-order valence-corrected chi connectivity index (χ1v) is 13.2. The van der Waals surface area contributed by atoms with E-state index in [4.69, 9.17) is 23.3 Å². The van der Waals surface area contributed by atoms with Crippen LogP contribution in [0.3, 0.4) is 0 Å². The first kappa shape index (κ1) is 27.2. The fourth-order valence-corrected chi connectivity index (χ4v) is 5.78. The number of nitrogens with zero attached hydrogens (tertiary/aromatic N) is 1. The van der Waals surface area contributed by atoms with Crippen LogP contribution in [-0.4, -0.2) is 63.3 Å². The molecule has 202 valence electrons. The number of hydrogen-bond acceptors (Lipinski definition) is 10. The third-order valence-corrected chi connectivity index (χ3v) is 7.74. The monoisotopic (exact) mass is 539 g/mol. The molecule has 6 atom stereocenters. The molecule has 37 heavy (non-hydrogen) atoms. The van der Waals surface area contributed by atoms with Crippen LogP contribution in [0.1, 0.15) is 33.9 Å². The molecule has 2 aromatic rings. The maximum absolute atomic E-state index is 13.8. The van der Waals surface area contributed by atoms with Gasteiger partial charge in [-0.05, 0) is 39.8 Å². The molecule has 1 aromatic carbocycles. The summed E-state index contributed by atoms with van der Waals surface area (Å²) in [5.74, 6) is -0.460. The number of rotatable bonds is 10. The van der Waals surface area contributed by atoms with Gasteiger partial charge in [-0.1, -0.05) is 18.2 Å². The number of aliphatic hydroxyl groups is 1. The van der Waals surface area contributed by atoms with Crippen molar-refractivity contribution in [1.82, 2.24) is 14.6 Å². The highest BCUT2D eigenvalue weighted by Crippen LogP contribution is 2.54. The SMILES string of the molecule is CC(C)OC(=O)[C@H](C)N[P@@](=O)(OC[C@]12CO[C@](C)([C@@H]1O)[C@H](n1ccc(=O)[nH]c1=O)O2)Oc1ccccc1. The Kier molecular flexibility index (Phi) is 7.48. The molecule has 2 aliphatic heterocycles. The smallest absolute Gasteiger partial charge is 0.459 e. The number of ether oxygens (including phenoxy) is 3. The summed E-state index contributed by atoms with van der Waals surface area (Å²) >= 11 is 0. The fraction of sp³-hybridized carbons (Fsp3) is 0.522. The number of aliphatic hydroxyl groups excluding tert-OH is 1. The van der Waals surface area contributed by atoms with Crippen LogP contribution in [0.15, 0.2) is 52.2 Å². The lowest BCUT2D eigenvalue weighted by atomic mass is 9.92. The lowest BCUT2D eigenvalue weighted by Gasteiger charge is -2.34. The molecule has 2 fully saturated rings. The first-order chi connectivity index (χ1) is 17.4. The third kappa shape index (κ3) is 5.42. The number of carbonyl (C=O) groups excluding carboxylic acids is 1. The highest BCUT2D eigenvalue weighted by atomic mass is 31.2. The summed E-state index contributed by atoms with van der Waals surface area (Å²) < 4.78 is 43.3. The lowest BCUT2D eigenvalue weighted by Crippen LogP contribution is -2.46. The molecule has 0 aliphatic carbocycles. The van der Waals surface area contributed by atoms with Gasteiger partial charge in [0.1, 0.15) is 29.1 Å². The number of nitrogens with one attached hydrogen (secondary N) is 2. The highest BCUT2D eigenvalue weighted by molar-refractivity contribution is 7.52. The summed E-state index contributed by atoms with van der Waals surface area (Å²) in [5.41, 5.74) is -4.26. The van der Waals surface area contributed by atoms with Crippen LogP contribution in [0.2, 0.25) is 0 Å². The normalized spacial score (nSPS) is 29.1. The molecule has 1 aromatic heterocycles. The van der Waals surface area contributed by atoms with Crippen LogP contribution in [0.25, 0.3) is 0 Å². The number of benzene rings is 1. The predicted molar refractivity (Wildman–Crippen MR) is 129 cm³/mol. The van der Waals surface area contributed by atoms with Crippen molar-refractivity contribution in [3.8, 4) is 5.75 Å². The van der Waals surface area contributed by atoms with Gasteiger partial charge in [-0.3, -0.25) is 23.7 Å². The van der Waals surface area contributed by atoms with Crippen molar-refractivity contribution in [3.63, 3.8) is 0 Å². The van der Waals surface area contributed by atoms with E-state index in [9.17, 15) is 24.1 Å². The van der Waals surface area contributed by atoms with Crippen LogP contribution in [0, 0.1) is 0 Å². The van der Waals surface area contributed by atoms with E-state index in [2.05, 4.69) is 10.1 Å². The molecule has 3 N–H and O–H groups in total. The molecule has 0 amide bonds. The van der Waals surface area contributed by atoms with Gasteiger partial charge in [0.05, 0.1) is 19.3 Å². The topological polar surface area (TPSA) is 167 Å². The lowest BCUT2D eigenvalue weighted by molar-refractivity contribution is -0.212. The van der Waals surface area contributed by atoms with E-state index in [-0.39, 0.29) is 12.4 Å². The molecule has 14 heteroatoms. The van der Waals surface area contributed by atoms with E-state index in [1.165, 1.54) is 13.1 Å². The van der Waals surface area contributed by atoms with E-state index in [0.717, 1.165) is 10.6 Å². The molecular weight excluding hydrogens is 509 g/mol. The van der Waals surface area contributed by atoms with Gasteiger partial charge in [-0.2, -0.15) is 5.09 Å². The van der Waals surface area contributed by atoms with Crippen molar-refractivity contribution in [2.75, 3.05) is 13.2 Å².